The zero-order valence-corrected chi connectivity index (χ0v) is 16.9. The highest BCUT2D eigenvalue weighted by molar-refractivity contribution is 7.90. The number of sulfone groups is 1. The summed E-state index contributed by atoms with van der Waals surface area (Å²) in [5.74, 6) is 0.849. The van der Waals surface area contributed by atoms with E-state index in [-0.39, 0.29) is 11.7 Å². The zero-order chi connectivity index (χ0) is 20.4. The molecule has 0 atom stereocenters. The summed E-state index contributed by atoms with van der Waals surface area (Å²) in [6.45, 7) is 2.23. The SMILES string of the molecule is CS(=O)(=O)c1ccccc1CN1CCC(c2nnc(-c3ccc(F)cc3)o2)CC1. The fourth-order valence-electron chi connectivity index (χ4n) is 3.68. The van der Waals surface area contributed by atoms with Crippen molar-refractivity contribution < 1.29 is 17.2 Å². The average Bonchev–Trinajstić information content (AvgIpc) is 3.19. The third-order valence-electron chi connectivity index (χ3n) is 5.23. The molecule has 1 aliphatic heterocycles. The Hall–Kier alpha value is -2.58. The third kappa shape index (κ3) is 4.54. The van der Waals surface area contributed by atoms with Gasteiger partial charge in [0.15, 0.2) is 9.84 Å². The molecule has 1 saturated heterocycles. The summed E-state index contributed by atoms with van der Waals surface area (Å²) in [5, 5.41) is 8.28. The molecule has 0 amide bonds. The summed E-state index contributed by atoms with van der Waals surface area (Å²) in [5.41, 5.74) is 1.52. The topological polar surface area (TPSA) is 76.3 Å². The van der Waals surface area contributed by atoms with Gasteiger partial charge < -0.3 is 4.42 Å². The van der Waals surface area contributed by atoms with E-state index in [2.05, 4.69) is 15.1 Å². The second-order valence-corrected chi connectivity index (χ2v) is 9.37. The van der Waals surface area contributed by atoms with Crippen LogP contribution in [-0.4, -0.2) is 42.9 Å². The molecule has 1 aliphatic rings. The smallest absolute Gasteiger partial charge is 0.247 e. The van der Waals surface area contributed by atoms with Crippen molar-refractivity contribution in [3.05, 3.63) is 65.8 Å². The Morgan fingerprint density at radius 1 is 1.07 bits per heavy atom. The van der Waals surface area contributed by atoms with Gasteiger partial charge >= 0.3 is 0 Å². The average molecular weight is 415 g/mol. The van der Waals surface area contributed by atoms with Gasteiger partial charge in [-0.1, -0.05) is 18.2 Å². The molecule has 0 aliphatic carbocycles. The van der Waals surface area contributed by atoms with E-state index in [9.17, 15) is 12.8 Å². The minimum Gasteiger partial charge on any atom is -0.420 e. The zero-order valence-electron chi connectivity index (χ0n) is 16.1. The van der Waals surface area contributed by atoms with Crippen LogP contribution in [0.2, 0.25) is 0 Å². The number of nitrogens with zero attached hydrogens (tertiary/aromatic N) is 3. The highest BCUT2D eigenvalue weighted by Crippen LogP contribution is 2.30. The first-order valence-electron chi connectivity index (χ1n) is 9.50. The van der Waals surface area contributed by atoms with Crippen molar-refractivity contribution >= 4 is 9.84 Å². The summed E-state index contributed by atoms with van der Waals surface area (Å²) in [6.07, 6.45) is 2.95. The Morgan fingerprint density at radius 3 is 2.45 bits per heavy atom. The number of halogens is 1. The van der Waals surface area contributed by atoms with Crippen LogP contribution in [0.1, 0.15) is 30.2 Å². The van der Waals surface area contributed by atoms with E-state index < -0.39 is 9.84 Å². The van der Waals surface area contributed by atoms with Crippen LogP contribution in [0.15, 0.2) is 57.8 Å². The molecule has 0 saturated carbocycles. The lowest BCUT2D eigenvalue weighted by molar-refractivity contribution is 0.192. The first-order chi connectivity index (χ1) is 13.9. The molecule has 0 bridgehead atoms. The van der Waals surface area contributed by atoms with E-state index in [0.29, 0.717) is 28.8 Å². The standard InChI is InChI=1S/C21H22FN3O3S/c1-29(26,27)19-5-3-2-4-17(19)14-25-12-10-16(11-13-25)21-24-23-20(28-21)15-6-8-18(22)9-7-15/h2-9,16H,10-14H2,1H3. The molecule has 0 N–H and O–H groups in total. The molecule has 3 aromatic rings. The maximum absolute atomic E-state index is 13.1. The van der Waals surface area contributed by atoms with Crippen molar-refractivity contribution in [2.24, 2.45) is 0 Å². The van der Waals surface area contributed by atoms with Gasteiger partial charge in [0.2, 0.25) is 11.8 Å². The maximum Gasteiger partial charge on any atom is 0.247 e. The van der Waals surface area contributed by atoms with Gasteiger partial charge in [0.05, 0.1) is 4.90 Å². The summed E-state index contributed by atoms with van der Waals surface area (Å²) in [4.78, 5) is 2.64. The lowest BCUT2D eigenvalue weighted by atomic mass is 9.96. The number of piperidine rings is 1. The molecule has 4 rings (SSSR count). The van der Waals surface area contributed by atoms with Gasteiger partial charge in [-0.2, -0.15) is 0 Å². The molecule has 0 radical (unpaired) electrons. The van der Waals surface area contributed by atoms with Crippen molar-refractivity contribution in [1.29, 1.82) is 0 Å². The number of hydrogen-bond acceptors (Lipinski definition) is 6. The minimum atomic E-state index is -3.25. The van der Waals surface area contributed by atoms with Crippen LogP contribution in [0.3, 0.4) is 0 Å². The van der Waals surface area contributed by atoms with E-state index >= 15 is 0 Å². The quantitative estimate of drug-likeness (QED) is 0.633. The van der Waals surface area contributed by atoms with Gasteiger partial charge in [0.1, 0.15) is 5.82 Å². The van der Waals surface area contributed by atoms with E-state index in [1.165, 1.54) is 18.4 Å². The highest BCUT2D eigenvalue weighted by atomic mass is 32.2. The Labute approximate surface area is 169 Å². The van der Waals surface area contributed by atoms with Crippen molar-refractivity contribution in [2.75, 3.05) is 19.3 Å². The fraction of sp³-hybridized carbons (Fsp3) is 0.333. The van der Waals surface area contributed by atoms with Crippen LogP contribution in [0, 0.1) is 5.82 Å². The lowest BCUT2D eigenvalue weighted by Gasteiger charge is -2.30. The molecular formula is C21H22FN3O3S. The molecule has 0 spiro atoms. The first kappa shape index (κ1) is 19.7. The molecular weight excluding hydrogens is 393 g/mol. The van der Waals surface area contributed by atoms with Crippen molar-refractivity contribution in [3.63, 3.8) is 0 Å². The molecule has 152 valence electrons. The Balaban J connectivity index is 1.40. The van der Waals surface area contributed by atoms with Crippen LogP contribution in [-0.2, 0) is 16.4 Å². The van der Waals surface area contributed by atoms with Gasteiger partial charge in [-0.15, -0.1) is 10.2 Å². The molecule has 6 nitrogen and oxygen atoms in total. The molecule has 0 unspecified atom stereocenters. The summed E-state index contributed by atoms with van der Waals surface area (Å²) >= 11 is 0. The number of aromatic nitrogens is 2. The predicted octanol–water partition coefficient (Wildman–Crippen LogP) is 3.66. The Bertz CT molecular complexity index is 1090. The predicted molar refractivity (Wildman–Crippen MR) is 106 cm³/mol. The molecule has 29 heavy (non-hydrogen) atoms. The van der Waals surface area contributed by atoms with Gasteiger partial charge in [-0.25, -0.2) is 12.8 Å². The maximum atomic E-state index is 13.1. The van der Waals surface area contributed by atoms with Crippen molar-refractivity contribution in [3.8, 4) is 11.5 Å². The number of hydrogen-bond donors (Lipinski definition) is 0. The van der Waals surface area contributed by atoms with E-state index in [1.807, 2.05) is 12.1 Å². The van der Waals surface area contributed by atoms with Gasteiger partial charge in [-0.05, 0) is 61.8 Å². The fourth-order valence-corrected chi connectivity index (χ4v) is 4.62. The number of rotatable bonds is 5. The third-order valence-corrected chi connectivity index (χ3v) is 6.43. The van der Waals surface area contributed by atoms with Crippen LogP contribution >= 0.6 is 0 Å². The molecule has 8 heteroatoms. The van der Waals surface area contributed by atoms with Gasteiger partial charge in [0.25, 0.3) is 0 Å². The monoisotopic (exact) mass is 415 g/mol. The Morgan fingerprint density at radius 2 is 1.76 bits per heavy atom. The normalized spacial score (nSPS) is 16.2. The molecule has 2 heterocycles. The first-order valence-corrected chi connectivity index (χ1v) is 11.4. The molecule has 1 fully saturated rings. The van der Waals surface area contributed by atoms with Gasteiger partial charge in [0, 0.05) is 24.3 Å². The largest absolute Gasteiger partial charge is 0.420 e. The van der Waals surface area contributed by atoms with Crippen LogP contribution < -0.4 is 0 Å². The minimum absolute atomic E-state index is 0.165. The van der Waals surface area contributed by atoms with Gasteiger partial charge in [-0.3, -0.25) is 4.90 Å². The van der Waals surface area contributed by atoms with E-state index in [1.54, 1.807) is 24.3 Å². The van der Waals surface area contributed by atoms with Crippen LogP contribution in [0.5, 0.6) is 0 Å². The summed E-state index contributed by atoms with van der Waals surface area (Å²) in [7, 11) is -3.25. The molecule has 1 aromatic heterocycles. The van der Waals surface area contributed by atoms with Crippen molar-refractivity contribution in [1.82, 2.24) is 15.1 Å². The number of benzene rings is 2. The summed E-state index contributed by atoms with van der Waals surface area (Å²) < 4.78 is 42.9. The van der Waals surface area contributed by atoms with E-state index in [0.717, 1.165) is 31.5 Å². The summed E-state index contributed by atoms with van der Waals surface area (Å²) in [6, 6.07) is 13.1. The lowest BCUT2D eigenvalue weighted by Crippen LogP contribution is -2.33. The Kier molecular flexibility index (Phi) is 5.47. The van der Waals surface area contributed by atoms with Crippen molar-refractivity contribution in [2.45, 2.75) is 30.2 Å². The van der Waals surface area contributed by atoms with Crippen LogP contribution in [0.25, 0.3) is 11.5 Å². The van der Waals surface area contributed by atoms with Crippen LogP contribution in [0.4, 0.5) is 4.39 Å². The second kappa shape index (κ2) is 8.04. The second-order valence-electron chi connectivity index (χ2n) is 7.38. The van der Waals surface area contributed by atoms with E-state index in [4.69, 9.17) is 4.42 Å². The highest BCUT2D eigenvalue weighted by Gasteiger charge is 2.26. The number of likely N-dealkylation sites (tertiary alicyclic amines) is 1. The molecule has 2 aromatic carbocycles.